The third-order valence-electron chi connectivity index (χ3n) is 3.54. The Morgan fingerprint density at radius 2 is 1.95 bits per heavy atom. The molecule has 0 aromatic heterocycles. The number of benzene rings is 1. The second-order valence-electron chi connectivity index (χ2n) is 4.97. The van der Waals surface area contributed by atoms with E-state index in [1.54, 1.807) is 35.4 Å². The molecule has 2 amide bonds. The van der Waals surface area contributed by atoms with Crippen molar-refractivity contribution in [3.63, 3.8) is 0 Å². The predicted molar refractivity (Wildman–Crippen MR) is 76.6 cm³/mol. The Morgan fingerprint density at radius 1 is 1.30 bits per heavy atom. The molecule has 0 bridgehead atoms. The van der Waals surface area contributed by atoms with E-state index in [4.69, 9.17) is 5.73 Å². The van der Waals surface area contributed by atoms with E-state index < -0.39 is 10.8 Å². The third-order valence-corrected chi connectivity index (χ3v) is 4.48. The SMILES string of the molecule is CS(=O)c1ccc(C(=O)N2CCCC(C(N)=O)C2)cc1. The van der Waals surface area contributed by atoms with Crippen LogP contribution in [0.25, 0.3) is 0 Å². The maximum absolute atomic E-state index is 12.3. The van der Waals surface area contributed by atoms with E-state index in [9.17, 15) is 13.8 Å². The minimum atomic E-state index is -1.05. The van der Waals surface area contributed by atoms with Crippen LogP contribution in [0.15, 0.2) is 29.2 Å². The van der Waals surface area contributed by atoms with Crippen molar-refractivity contribution >= 4 is 22.6 Å². The molecule has 108 valence electrons. The van der Waals surface area contributed by atoms with Crippen molar-refractivity contribution in [3.8, 4) is 0 Å². The molecule has 1 aromatic rings. The zero-order chi connectivity index (χ0) is 14.7. The Kier molecular flexibility index (Phi) is 4.54. The summed E-state index contributed by atoms with van der Waals surface area (Å²) in [4.78, 5) is 25.9. The summed E-state index contributed by atoms with van der Waals surface area (Å²) in [7, 11) is -1.05. The van der Waals surface area contributed by atoms with Gasteiger partial charge < -0.3 is 10.6 Å². The van der Waals surface area contributed by atoms with Gasteiger partial charge in [-0.15, -0.1) is 0 Å². The van der Waals surface area contributed by atoms with Crippen LogP contribution in [0.1, 0.15) is 23.2 Å². The van der Waals surface area contributed by atoms with E-state index in [1.165, 1.54) is 0 Å². The van der Waals surface area contributed by atoms with Crippen LogP contribution < -0.4 is 5.73 Å². The van der Waals surface area contributed by atoms with Crippen molar-refractivity contribution in [3.05, 3.63) is 29.8 Å². The molecule has 6 heteroatoms. The Hall–Kier alpha value is -1.69. The van der Waals surface area contributed by atoms with Crippen LogP contribution in [0.4, 0.5) is 0 Å². The fourth-order valence-electron chi connectivity index (χ4n) is 2.37. The van der Waals surface area contributed by atoms with Gasteiger partial charge in [-0.05, 0) is 37.1 Å². The van der Waals surface area contributed by atoms with Crippen molar-refractivity contribution in [1.29, 1.82) is 0 Å². The van der Waals surface area contributed by atoms with E-state index >= 15 is 0 Å². The van der Waals surface area contributed by atoms with Gasteiger partial charge in [-0.3, -0.25) is 13.8 Å². The number of amides is 2. The molecular weight excluding hydrogens is 276 g/mol. The molecule has 1 fully saturated rings. The van der Waals surface area contributed by atoms with Crippen molar-refractivity contribution in [2.24, 2.45) is 11.7 Å². The van der Waals surface area contributed by atoms with E-state index in [1.807, 2.05) is 0 Å². The molecule has 20 heavy (non-hydrogen) atoms. The summed E-state index contributed by atoms with van der Waals surface area (Å²) in [6, 6.07) is 6.73. The van der Waals surface area contributed by atoms with Gasteiger partial charge in [-0.1, -0.05) is 0 Å². The Bertz CT molecular complexity index is 542. The maximum atomic E-state index is 12.3. The smallest absolute Gasteiger partial charge is 0.253 e. The van der Waals surface area contributed by atoms with Crippen LogP contribution in [0, 0.1) is 5.92 Å². The molecule has 1 heterocycles. The Labute approximate surface area is 120 Å². The number of piperidine rings is 1. The van der Waals surface area contributed by atoms with Crippen LogP contribution in [-0.4, -0.2) is 40.3 Å². The maximum Gasteiger partial charge on any atom is 0.253 e. The molecule has 1 saturated heterocycles. The number of likely N-dealkylation sites (tertiary alicyclic amines) is 1. The number of hydrogen-bond donors (Lipinski definition) is 1. The number of primary amides is 1. The quantitative estimate of drug-likeness (QED) is 0.893. The summed E-state index contributed by atoms with van der Waals surface area (Å²) < 4.78 is 11.3. The summed E-state index contributed by atoms with van der Waals surface area (Å²) in [6.45, 7) is 1.03. The molecule has 1 aromatic carbocycles. The van der Waals surface area contributed by atoms with Gasteiger partial charge in [0.15, 0.2) is 0 Å². The lowest BCUT2D eigenvalue weighted by atomic mass is 9.97. The number of nitrogens with zero attached hydrogens (tertiary/aromatic N) is 1. The van der Waals surface area contributed by atoms with Crippen molar-refractivity contribution < 1.29 is 13.8 Å². The fourth-order valence-corrected chi connectivity index (χ4v) is 2.88. The zero-order valence-electron chi connectivity index (χ0n) is 11.4. The lowest BCUT2D eigenvalue weighted by molar-refractivity contribution is -0.123. The van der Waals surface area contributed by atoms with Gasteiger partial charge in [0.25, 0.3) is 5.91 Å². The van der Waals surface area contributed by atoms with Gasteiger partial charge >= 0.3 is 0 Å². The highest BCUT2D eigenvalue weighted by Gasteiger charge is 2.27. The third kappa shape index (κ3) is 3.25. The molecular formula is C14H18N2O3S. The highest BCUT2D eigenvalue weighted by molar-refractivity contribution is 7.84. The van der Waals surface area contributed by atoms with Gasteiger partial charge in [-0.25, -0.2) is 0 Å². The first-order valence-electron chi connectivity index (χ1n) is 6.51. The predicted octanol–water partition coefficient (Wildman–Crippen LogP) is 0.761. The highest BCUT2D eigenvalue weighted by atomic mass is 32.2. The van der Waals surface area contributed by atoms with Crippen LogP contribution in [0.2, 0.25) is 0 Å². The summed E-state index contributed by atoms with van der Waals surface area (Å²) in [5.74, 6) is -0.710. The molecule has 5 nitrogen and oxygen atoms in total. The van der Waals surface area contributed by atoms with Crippen LogP contribution in [0.3, 0.4) is 0 Å². The Morgan fingerprint density at radius 3 is 2.50 bits per heavy atom. The van der Waals surface area contributed by atoms with Gasteiger partial charge in [0, 0.05) is 40.6 Å². The number of hydrogen-bond acceptors (Lipinski definition) is 3. The van der Waals surface area contributed by atoms with E-state index in [2.05, 4.69) is 0 Å². The number of nitrogens with two attached hydrogens (primary N) is 1. The average Bonchev–Trinajstić information content (AvgIpc) is 2.46. The monoisotopic (exact) mass is 294 g/mol. The van der Waals surface area contributed by atoms with Gasteiger partial charge in [0.05, 0.1) is 5.92 Å². The standard InChI is InChI=1S/C14H18N2O3S/c1-20(19)12-6-4-10(5-7-12)14(18)16-8-2-3-11(9-16)13(15)17/h4-7,11H,2-3,8-9H2,1H3,(H2,15,17). The molecule has 0 saturated carbocycles. The zero-order valence-corrected chi connectivity index (χ0v) is 12.2. The summed E-state index contributed by atoms with van der Waals surface area (Å²) >= 11 is 0. The molecule has 1 aliphatic heterocycles. The van der Waals surface area contributed by atoms with Crippen molar-refractivity contribution in [1.82, 2.24) is 4.90 Å². The number of carbonyl (C=O) groups is 2. The summed E-state index contributed by atoms with van der Waals surface area (Å²) in [5, 5.41) is 0. The first-order valence-corrected chi connectivity index (χ1v) is 8.07. The van der Waals surface area contributed by atoms with Gasteiger partial charge in [-0.2, -0.15) is 0 Å². The Balaban J connectivity index is 2.10. The van der Waals surface area contributed by atoms with Crippen LogP contribution >= 0.6 is 0 Å². The summed E-state index contributed by atoms with van der Waals surface area (Å²) in [6.07, 6.45) is 3.13. The molecule has 2 rings (SSSR count). The van der Waals surface area contributed by atoms with E-state index in [-0.39, 0.29) is 17.7 Å². The van der Waals surface area contributed by atoms with Crippen LogP contribution in [0.5, 0.6) is 0 Å². The molecule has 0 aliphatic carbocycles. The average molecular weight is 294 g/mol. The molecule has 2 unspecified atom stereocenters. The summed E-state index contributed by atoms with van der Waals surface area (Å²) in [5.41, 5.74) is 5.86. The number of rotatable bonds is 3. The minimum Gasteiger partial charge on any atom is -0.369 e. The van der Waals surface area contributed by atoms with Gasteiger partial charge in [0.1, 0.15) is 0 Å². The normalized spacial score (nSPS) is 20.4. The number of carbonyl (C=O) groups excluding carboxylic acids is 2. The lowest BCUT2D eigenvalue weighted by Gasteiger charge is -2.31. The highest BCUT2D eigenvalue weighted by Crippen LogP contribution is 2.19. The molecule has 0 radical (unpaired) electrons. The van der Waals surface area contributed by atoms with Crippen LogP contribution in [-0.2, 0) is 15.6 Å². The molecule has 2 N–H and O–H groups in total. The first kappa shape index (κ1) is 14.7. The van der Waals surface area contributed by atoms with Gasteiger partial charge in [0.2, 0.25) is 5.91 Å². The first-order chi connectivity index (χ1) is 9.49. The topological polar surface area (TPSA) is 80.5 Å². The van der Waals surface area contributed by atoms with Crippen molar-refractivity contribution in [2.75, 3.05) is 19.3 Å². The second-order valence-corrected chi connectivity index (χ2v) is 6.35. The molecule has 0 spiro atoms. The largest absolute Gasteiger partial charge is 0.369 e. The van der Waals surface area contributed by atoms with E-state index in [0.717, 1.165) is 12.8 Å². The molecule has 1 aliphatic rings. The van der Waals surface area contributed by atoms with Crippen molar-refractivity contribution in [2.45, 2.75) is 17.7 Å². The fraction of sp³-hybridized carbons (Fsp3) is 0.429. The lowest BCUT2D eigenvalue weighted by Crippen LogP contribution is -2.44. The van der Waals surface area contributed by atoms with E-state index in [0.29, 0.717) is 23.5 Å². The minimum absolute atomic E-state index is 0.107. The second kappa shape index (κ2) is 6.17. The molecule has 2 atom stereocenters.